The van der Waals surface area contributed by atoms with Gasteiger partial charge in [0.15, 0.2) is 0 Å². The maximum absolute atomic E-state index is 12.0. The summed E-state index contributed by atoms with van der Waals surface area (Å²) in [5, 5.41) is 5.35. The maximum atomic E-state index is 12.0. The summed E-state index contributed by atoms with van der Waals surface area (Å²) in [6.45, 7) is 2.19. The van der Waals surface area contributed by atoms with Gasteiger partial charge in [-0.05, 0) is 29.9 Å². The highest BCUT2D eigenvalue weighted by molar-refractivity contribution is 7.27. The first-order valence-corrected chi connectivity index (χ1v) is 7.26. The van der Waals surface area contributed by atoms with Gasteiger partial charge in [0.05, 0.1) is 12.2 Å². The Morgan fingerprint density at radius 3 is 2.64 bits per heavy atom. The molecule has 0 saturated heterocycles. The van der Waals surface area contributed by atoms with Crippen molar-refractivity contribution in [3.63, 3.8) is 0 Å². The minimum Gasteiger partial charge on any atom is -0.268 e. The van der Waals surface area contributed by atoms with Crippen molar-refractivity contribution in [2.45, 2.75) is 13.5 Å². The van der Waals surface area contributed by atoms with Crippen LogP contribution in [-0.4, -0.2) is 24.7 Å². The van der Waals surface area contributed by atoms with Crippen LogP contribution >= 0.6 is 9.24 Å². The van der Waals surface area contributed by atoms with Crippen LogP contribution in [0, 0.1) is 6.92 Å². The number of hydrogen-bond donors (Lipinski definition) is 0. The predicted molar refractivity (Wildman–Crippen MR) is 86.9 cm³/mol. The summed E-state index contributed by atoms with van der Waals surface area (Å²) in [5.74, 6) is 0.695. The van der Waals surface area contributed by atoms with Crippen LogP contribution < -0.4 is 10.9 Å². The summed E-state index contributed by atoms with van der Waals surface area (Å²) in [5.41, 5.74) is 2.19. The summed E-state index contributed by atoms with van der Waals surface area (Å²) < 4.78 is 1.41. The van der Waals surface area contributed by atoms with Gasteiger partial charge in [0.1, 0.15) is 5.82 Å². The third-order valence-corrected chi connectivity index (χ3v) is 3.41. The third kappa shape index (κ3) is 3.23. The molecule has 0 aromatic carbocycles. The second kappa shape index (κ2) is 6.12. The molecule has 3 rings (SSSR count). The molecule has 3 aromatic rings. The van der Waals surface area contributed by atoms with E-state index in [0.717, 1.165) is 16.4 Å². The summed E-state index contributed by atoms with van der Waals surface area (Å²) in [4.78, 5) is 24.4. The van der Waals surface area contributed by atoms with E-state index in [4.69, 9.17) is 0 Å². The fourth-order valence-corrected chi connectivity index (χ4v) is 2.31. The van der Waals surface area contributed by atoms with Gasteiger partial charge in [0, 0.05) is 36.4 Å². The largest absolute Gasteiger partial charge is 0.268 e. The smallest absolute Gasteiger partial charge is 0.267 e. The van der Waals surface area contributed by atoms with E-state index >= 15 is 0 Å². The quantitative estimate of drug-likeness (QED) is 0.673. The molecule has 1 unspecified atom stereocenters. The fraction of sp³-hybridized carbons (Fsp3) is 0.133. The van der Waals surface area contributed by atoms with Gasteiger partial charge >= 0.3 is 0 Å². The molecule has 1 atom stereocenters. The minimum atomic E-state index is -0.161. The van der Waals surface area contributed by atoms with Crippen molar-refractivity contribution in [1.82, 2.24) is 24.7 Å². The number of aromatic nitrogens is 5. The van der Waals surface area contributed by atoms with Gasteiger partial charge in [0.2, 0.25) is 0 Å². The highest BCUT2D eigenvalue weighted by atomic mass is 31.0. The van der Waals surface area contributed by atoms with E-state index in [1.807, 2.05) is 13.0 Å². The molecule has 3 heterocycles. The molecule has 0 aliphatic rings. The van der Waals surface area contributed by atoms with Crippen molar-refractivity contribution in [3.8, 4) is 11.3 Å². The average Bonchev–Trinajstić information content (AvgIpc) is 2.50. The monoisotopic (exact) mass is 311 g/mol. The lowest BCUT2D eigenvalue weighted by atomic mass is 10.2. The summed E-state index contributed by atoms with van der Waals surface area (Å²) >= 11 is 0. The van der Waals surface area contributed by atoms with Crippen molar-refractivity contribution >= 4 is 14.5 Å². The van der Waals surface area contributed by atoms with Gasteiger partial charge in [-0.3, -0.25) is 9.78 Å². The minimum absolute atomic E-state index is 0.161. The van der Waals surface area contributed by atoms with Crippen molar-refractivity contribution < 1.29 is 0 Å². The van der Waals surface area contributed by atoms with E-state index in [0.29, 0.717) is 18.1 Å². The zero-order chi connectivity index (χ0) is 15.5. The molecule has 0 amide bonds. The van der Waals surface area contributed by atoms with E-state index < -0.39 is 0 Å². The number of aryl methyl sites for hydroxylation is 1. The lowest BCUT2D eigenvalue weighted by Gasteiger charge is -2.07. The lowest BCUT2D eigenvalue weighted by molar-refractivity contribution is 0.641. The van der Waals surface area contributed by atoms with Crippen LogP contribution in [0.2, 0.25) is 0 Å². The molecule has 110 valence electrons. The Hall–Kier alpha value is -2.46. The number of pyridine rings is 1. The molecule has 22 heavy (non-hydrogen) atoms. The molecule has 3 aromatic heterocycles. The van der Waals surface area contributed by atoms with Crippen LogP contribution in [0.4, 0.5) is 0 Å². The Morgan fingerprint density at radius 1 is 1.14 bits per heavy atom. The zero-order valence-corrected chi connectivity index (χ0v) is 13.1. The van der Waals surface area contributed by atoms with Crippen LogP contribution in [-0.2, 0) is 6.54 Å². The lowest BCUT2D eigenvalue weighted by Crippen LogP contribution is -2.23. The predicted octanol–water partition coefficient (Wildman–Crippen LogP) is 0.952. The molecule has 6 nitrogen and oxygen atoms in total. The number of hydrogen-bond acceptors (Lipinski definition) is 5. The molecule has 0 saturated carbocycles. The first-order valence-electron chi connectivity index (χ1n) is 6.68. The molecule has 0 bridgehead atoms. The van der Waals surface area contributed by atoms with Crippen molar-refractivity contribution in [2.75, 3.05) is 0 Å². The Labute approximate surface area is 129 Å². The Kier molecular flexibility index (Phi) is 4.02. The second-order valence-electron chi connectivity index (χ2n) is 4.86. The van der Waals surface area contributed by atoms with Crippen molar-refractivity contribution in [1.29, 1.82) is 0 Å². The Balaban J connectivity index is 1.96. The molecule has 0 radical (unpaired) electrons. The van der Waals surface area contributed by atoms with Gasteiger partial charge in [0.25, 0.3) is 5.56 Å². The SMILES string of the molecule is Cc1ncc(-c2ccc(=O)n(Cc3cncc(P)c3)n2)cn1. The summed E-state index contributed by atoms with van der Waals surface area (Å²) in [6, 6.07) is 5.13. The molecular weight excluding hydrogens is 297 g/mol. The molecule has 0 spiro atoms. The van der Waals surface area contributed by atoms with Gasteiger partial charge in [-0.15, -0.1) is 9.24 Å². The topological polar surface area (TPSA) is 73.6 Å². The number of rotatable bonds is 3. The second-order valence-corrected chi connectivity index (χ2v) is 5.53. The molecular formula is C15H14N5OP. The summed E-state index contributed by atoms with van der Waals surface area (Å²) in [7, 11) is 2.59. The van der Waals surface area contributed by atoms with Gasteiger partial charge in [-0.1, -0.05) is 0 Å². The van der Waals surface area contributed by atoms with Crippen LogP contribution in [0.25, 0.3) is 11.3 Å². The molecule has 0 fully saturated rings. The molecule has 7 heteroatoms. The number of nitrogens with zero attached hydrogens (tertiary/aromatic N) is 5. The maximum Gasteiger partial charge on any atom is 0.267 e. The van der Waals surface area contributed by atoms with Gasteiger partial charge in [-0.25, -0.2) is 14.6 Å². The molecule has 0 aliphatic heterocycles. The van der Waals surface area contributed by atoms with E-state index in [-0.39, 0.29) is 5.56 Å². The van der Waals surface area contributed by atoms with E-state index in [2.05, 4.69) is 29.3 Å². The van der Waals surface area contributed by atoms with Crippen LogP contribution in [0.3, 0.4) is 0 Å². The highest BCUT2D eigenvalue weighted by Gasteiger charge is 2.05. The van der Waals surface area contributed by atoms with Crippen LogP contribution in [0.15, 0.2) is 47.8 Å². The standard InChI is InChI=1S/C15H14N5OP/c1-10-17-6-12(7-18-10)14-2-3-15(21)20(19-14)9-11-4-13(22)8-16-5-11/h2-8H,9,22H2,1H3. The van der Waals surface area contributed by atoms with Crippen LogP contribution in [0.1, 0.15) is 11.4 Å². The van der Waals surface area contributed by atoms with E-state index in [1.165, 1.54) is 10.7 Å². The van der Waals surface area contributed by atoms with Crippen molar-refractivity contribution in [3.05, 3.63) is 64.7 Å². The summed E-state index contributed by atoms with van der Waals surface area (Å²) in [6.07, 6.45) is 6.86. The average molecular weight is 311 g/mol. The van der Waals surface area contributed by atoms with Crippen LogP contribution in [0.5, 0.6) is 0 Å². The Bertz CT molecular complexity index is 860. The first kappa shape index (κ1) is 14.5. The normalized spacial score (nSPS) is 10.6. The zero-order valence-electron chi connectivity index (χ0n) is 12.0. The first-order chi connectivity index (χ1) is 10.6. The van der Waals surface area contributed by atoms with Gasteiger partial charge in [-0.2, -0.15) is 5.10 Å². The fourth-order valence-electron chi connectivity index (χ4n) is 2.01. The van der Waals surface area contributed by atoms with E-state index in [9.17, 15) is 4.79 Å². The van der Waals surface area contributed by atoms with Crippen molar-refractivity contribution in [2.24, 2.45) is 0 Å². The highest BCUT2D eigenvalue weighted by Crippen LogP contribution is 2.12. The third-order valence-electron chi connectivity index (χ3n) is 3.09. The molecule has 0 aliphatic carbocycles. The van der Waals surface area contributed by atoms with Gasteiger partial charge < -0.3 is 0 Å². The molecule has 0 N–H and O–H groups in total. The Morgan fingerprint density at radius 2 is 1.91 bits per heavy atom. The van der Waals surface area contributed by atoms with E-state index in [1.54, 1.807) is 30.9 Å².